The third-order valence-electron chi connectivity index (χ3n) is 2.81. The van der Waals surface area contributed by atoms with Crippen LogP contribution in [-0.2, 0) is 9.84 Å². The Labute approximate surface area is 121 Å². The Morgan fingerprint density at radius 1 is 0.773 bits per heavy atom. The molecule has 0 aliphatic rings. The highest BCUT2D eigenvalue weighted by Crippen LogP contribution is 2.31. The number of ether oxygens (including phenoxy) is 1. The smallest absolute Gasteiger partial charge is 0.212 e. The lowest BCUT2D eigenvalue weighted by atomic mass is 10.3. The molecular weight excluding hydrogens is 331 g/mol. The number of sulfone groups is 1. The molecule has 2 aromatic carbocycles. The molecule has 0 bridgehead atoms. The van der Waals surface area contributed by atoms with Crippen molar-refractivity contribution in [2.24, 2.45) is 0 Å². The van der Waals surface area contributed by atoms with E-state index in [-0.39, 0.29) is 5.75 Å². The predicted octanol–water partition coefficient (Wildman–Crippen LogP) is 3.22. The minimum atomic E-state index is -4.94. The zero-order chi connectivity index (χ0) is 16.7. The number of benzene rings is 2. The van der Waals surface area contributed by atoms with E-state index in [4.69, 9.17) is 4.74 Å². The summed E-state index contributed by atoms with van der Waals surface area (Å²) in [7, 11) is -3.64. The van der Waals surface area contributed by atoms with Crippen LogP contribution in [0, 0.1) is 29.1 Å². The summed E-state index contributed by atoms with van der Waals surface area (Å²) in [6.45, 7) is 0. The van der Waals surface area contributed by atoms with Crippen LogP contribution in [0.5, 0.6) is 5.75 Å². The predicted molar refractivity (Wildman–Crippen MR) is 64.7 cm³/mol. The summed E-state index contributed by atoms with van der Waals surface area (Å²) in [5, 5.41) is 0. The van der Waals surface area contributed by atoms with E-state index in [9.17, 15) is 30.4 Å². The summed E-state index contributed by atoms with van der Waals surface area (Å²) >= 11 is 0. The maximum Gasteiger partial charge on any atom is 0.212 e. The quantitative estimate of drug-likeness (QED) is 0.374. The normalized spacial score (nSPS) is 11.5. The van der Waals surface area contributed by atoms with Crippen molar-refractivity contribution in [2.45, 2.75) is 9.79 Å². The highest BCUT2D eigenvalue weighted by molar-refractivity contribution is 7.91. The van der Waals surface area contributed by atoms with E-state index in [0.29, 0.717) is 0 Å². The molecule has 0 atom stereocenters. The summed E-state index contributed by atoms with van der Waals surface area (Å²) < 4.78 is 95.4. The van der Waals surface area contributed by atoms with Gasteiger partial charge in [-0.1, -0.05) is 0 Å². The first kappa shape index (κ1) is 16.2. The summed E-state index contributed by atoms with van der Waals surface area (Å²) in [6.07, 6.45) is 0. The molecule has 22 heavy (non-hydrogen) atoms. The fraction of sp³-hybridized carbons (Fsp3) is 0.0769. The van der Waals surface area contributed by atoms with Gasteiger partial charge in [0.05, 0.1) is 12.0 Å². The van der Waals surface area contributed by atoms with Crippen LogP contribution < -0.4 is 4.74 Å². The van der Waals surface area contributed by atoms with Gasteiger partial charge in [-0.15, -0.1) is 0 Å². The zero-order valence-electron chi connectivity index (χ0n) is 10.8. The van der Waals surface area contributed by atoms with Crippen LogP contribution in [0.25, 0.3) is 0 Å². The fourth-order valence-corrected chi connectivity index (χ4v) is 3.07. The average Bonchev–Trinajstić information content (AvgIpc) is 2.51. The van der Waals surface area contributed by atoms with Crippen LogP contribution in [0.1, 0.15) is 0 Å². The number of halogens is 5. The highest BCUT2D eigenvalue weighted by atomic mass is 32.2. The van der Waals surface area contributed by atoms with E-state index >= 15 is 0 Å². The van der Waals surface area contributed by atoms with Gasteiger partial charge in [0.1, 0.15) is 10.6 Å². The van der Waals surface area contributed by atoms with Crippen molar-refractivity contribution in [3.05, 3.63) is 53.4 Å². The Kier molecular flexibility index (Phi) is 4.10. The van der Waals surface area contributed by atoms with Gasteiger partial charge in [0, 0.05) is 0 Å². The van der Waals surface area contributed by atoms with Crippen LogP contribution in [0.2, 0.25) is 0 Å². The second-order valence-electron chi connectivity index (χ2n) is 4.08. The van der Waals surface area contributed by atoms with Crippen LogP contribution >= 0.6 is 0 Å². The molecule has 0 fully saturated rings. The Hall–Kier alpha value is -2.16. The molecule has 2 aromatic rings. The van der Waals surface area contributed by atoms with Crippen LogP contribution in [-0.4, -0.2) is 15.5 Å². The SMILES string of the molecule is COc1ccc(S(=O)(=O)c2c(F)c(F)c(F)c(F)c2F)cc1. The standard InChI is InChI=1S/C13H7F5O3S/c1-21-6-2-4-7(5-3-6)22(19,20)13-11(17)9(15)8(14)10(16)12(13)18/h2-5H,1H3. The molecule has 0 spiro atoms. The number of rotatable bonds is 3. The van der Waals surface area contributed by atoms with E-state index in [0.717, 1.165) is 12.1 Å². The van der Waals surface area contributed by atoms with Gasteiger partial charge in [-0.3, -0.25) is 0 Å². The van der Waals surface area contributed by atoms with Gasteiger partial charge < -0.3 is 4.74 Å². The zero-order valence-corrected chi connectivity index (χ0v) is 11.6. The van der Waals surface area contributed by atoms with Crippen molar-refractivity contribution >= 4 is 9.84 Å². The molecule has 0 heterocycles. The topological polar surface area (TPSA) is 43.4 Å². The molecule has 0 aromatic heterocycles. The molecule has 0 saturated heterocycles. The molecule has 9 heteroatoms. The van der Waals surface area contributed by atoms with Gasteiger partial charge in [-0.25, -0.2) is 30.4 Å². The molecule has 0 unspecified atom stereocenters. The molecule has 0 aliphatic heterocycles. The summed E-state index contributed by atoms with van der Waals surface area (Å²) in [4.78, 5) is -2.54. The Balaban J connectivity index is 2.73. The van der Waals surface area contributed by atoms with Gasteiger partial charge in [0.2, 0.25) is 15.7 Å². The Morgan fingerprint density at radius 3 is 1.59 bits per heavy atom. The van der Waals surface area contributed by atoms with Gasteiger partial charge in [-0.2, -0.15) is 0 Å². The van der Waals surface area contributed by atoms with Crippen molar-refractivity contribution < 1.29 is 35.1 Å². The van der Waals surface area contributed by atoms with E-state index < -0.39 is 48.7 Å². The van der Waals surface area contributed by atoms with Crippen LogP contribution in [0.4, 0.5) is 22.0 Å². The van der Waals surface area contributed by atoms with E-state index in [2.05, 4.69) is 0 Å². The maximum atomic E-state index is 13.6. The molecular formula is C13H7F5O3S. The lowest BCUT2D eigenvalue weighted by Gasteiger charge is -2.10. The minimum Gasteiger partial charge on any atom is -0.497 e. The largest absolute Gasteiger partial charge is 0.497 e. The van der Waals surface area contributed by atoms with E-state index in [1.54, 1.807) is 0 Å². The maximum absolute atomic E-state index is 13.6. The molecule has 0 radical (unpaired) electrons. The van der Waals surface area contributed by atoms with Crippen molar-refractivity contribution in [2.75, 3.05) is 7.11 Å². The molecule has 0 saturated carbocycles. The molecule has 0 amide bonds. The summed E-state index contributed by atoms with van der Waals surface area (Å²) in [5.41, 5.74) is 0. The second-order valence-corrected chi connectivity index (χ2v) is 5.96. The first-order chi connectivity index (χ1) is 10.2. The molecule has 118 valence electrons. The van der Waals surface area contributed by atoms with Crippen LogP contribution in [0.15, 0.2) is 34.1 Å². The average molecular weight is 338 g/mol. The van der Waals surface area contributed by atoms with Gasteiger partial charge in [0.15, 0.2) is 23.3 Å². The minimum absolute atomic E-state index is 0.247. The van der Waals surface area contributed by atoms with E-state index in [1.807, 2.05) is 0 Å². The lowest BCUT2D eigenvalue weighted by Crippen LogP contribution is -2.13. The molecule has 0 N–H and O–H groups in total. The first-order valence-electron chi connectivity index (χ1n) is 5.62. The third-order valence-corrected chi connectivity index (χ3v) is 4.60. The van der Waals surface area contributed by atoms with Gasteiger partial charge in [-0.05, 0) is 24.3 Å². The highest BCUT2D eigenvalue weighted by Gasteiger charge is 2.34. The Bertz CT molecular complexity index is 803. The van der Waals surface area contributed by atoms with E-state index in [1.165, 1.54) is 19.2 Å². The first-order valence-corrected chi connectivity index (χ1v) is 7.10. The third kappa shape index (κ3) is 2.41. The van der Waals surface area contributed by atoms with Gasteiger partial charge in [0.25, 0.3) is 0 Å². The summed E-state index contributed by atoms with van der Waals surface area (Å²) in [6, 6.07) is 4.18. The summed E-state index contributed by atoms with van der Waals surface area (Å²) in [5.74, 6) is -11.7. The fourth-order valence-electron chi connectivity index (χ4n) is 1.69. The van der Waals surface area contributed by atoms with Gasteiger partial charge >= 0.3 is 0 Å². The number of hydrogen-bond acceptors (Lipinski definition) is 3. The second kappa shape index (κ2) is 5.56. The van der Waals surface area contributed by atoms with Crippen molar-refractivity contribution in [3.63, 3.8) is 0 Å². The van der Waals surface area contributed by atoms with Crippen molar-refractivity contribution in [1.29, 1.82) is 0 Å². The molecule has 3 nitrogen and oxygen atoms in total. The van der Waals surface area contributed by atoms with Crippen molar-refractivity contribution in [1.82, 2.24) is 0 Å². The molecule has 0 aliphatic carbocycles. The molecule has 2 rings (SSSR count). The number of hydrogen-bond donors (Lipinski definition) is 0. The van der Waals surface area contributed by atoms with Crippen LogP contribution in [0.3, 0.4) is 0 Å². The Morgan fingerprint density at radius 2 is 1.18 bits per heavy atom. The number of methoxy groups -OCH3 is 1. The van der Waals surface area contributed by atoms with Crippen molar-refractivity contribution in [3.8, 4) is 5.75 Å². The monoisotopic (exact) mass is 338 g/mol. The lowest BCUT2D eigenvalue weighted by molar-refractivity contribution is 0.357.